The van der Waals surface area contributed by atoms with Crippen LogP contribution in [0.2, 0.25) is 0 Å². The Morgan fingerprint density at radius 2 is 1.62 bits per heavy atom. The number of benzene rings is 2. The molecule has 152 valence electrons. The Kier molecular flexibility index (Phi) is 7.47. The van der Waals surface area contributed by atoms with Crippen LogP contribution in [-0.4, -0.2) is 36.0 Å². The highest BCUT2D eigenvalue weighted by atomic mass is 16.5. The van der Waals surface area contributed by atoms with E-state index in [1.807, 2.05) is 0 Å². The molecule has 8 nitrogen and oxygen atoms in total. The standard InChI is InChI=1S/C21H25N5O3/c1-13(27)5-10-17(12-29-18-4-2-3-16(11-18)20(24)25)26-21(28)15-8-6-14(7-9-15)19(22)23/h2-4,6-9,11,17H,5,10,12H2,1H3,(H3,22,23)(H3,24,25)(H,26,28)/t17-/m1/s1. The lowest BCUT2D eigenvalue weighted by Gasteiger charge is -2.19. The third-order valence-electron chi connectivity index (χ3n) is 4.23. The third kappa shape index (κ3) is 6.76. The minimum absolute atomic E-state index is 0.0219. The van der Waals surface area contributed by atoms with Crippen molar-refractivity contribution < 1.29 is 14.3 Å². The van der Waals surface area contributed by atoms with Gasteiger partial charge in [-0.15, -0.1) is 0 Å². The number of Topliss-reactive ketones (excluding diaryl/α,β-unsaturated/α-hetero) is 1. The molecule has 0 aliphatic carbocycles. The summed E-state index contributed by atoms with van der Waals surface area (Å²) in [5, 5.41) is 17.8. The molecule has 0 aliphatic rings. The number of amides is 1. The summed E-state index contributed by atoms with van der Waals surface area (Å²) in [6, 6.07) is 12.8. The van der Waals surface area contributed by atoms with Gasteiger partial charge in [-0.1, -0.05) is 24.3 Å². The van der Waals surface area contributed by atoms with Gasteiger partial charge < -0.3 is 26.3 Å². The Morgan fingerprint density at radius 1 is 1.00 bits per heavy atom. The van der Waals surface area contributed by atoms with Crippen molar-refractivity contribution in [2.45, 2.75) is 25.8 Å². The smallest absolute Gasteiger partial charge is 0.251 e. The summed E-state index contributed by atoms with van der Waals surface area (Å²) in [7, 11) is 0. The van der Waals surface area contributed by atoms with Crippen molar-refractivity contribution in [2.24, 2.45) is 11.5 Å². The topological polar surface area (TPSA) is 155 Å². The summed E-state index contributed by atoms with van der Waals surface area (Å²) in [6.07, 6.45) is 0.740. The SMILES string of the molecule is CC(=O)CC[C@H](COc1cccc(C(=N)N)c1)NC(=O)c1ccc(C(=N)N)cc1. The minimum Gasteiger partial charge on any atom is -0.491 e. The number of hydrogen-bond donors (Lipinski definition) is 5. The van der Waals surface area contributed by atoms with Gasteiger partial charge in [0.25, 0.3) is 5.91 Å². The average molecular weight is 395 g/mol. The lowest BCUT2D eigenvalue weighted by Crippen LogP contribution is -2.39. The van der Waals surface area contributed by atoms with Crippen molar-refractivity contribution in [1.82, 2.24) is 5.32 Å². The zero-order valence-corrected chi connectivity index (χ0v) is 16.2. The fourth-order valence-electron chi connectivity index (χ4n) is 2.59. The summed E-state index contributed by atoms with van der Waals surface area (Å²) in [6.45, 7) is 1.66. The highest BCUT2D eigenvalue weighted by molar-refractivity contribution is 5.98. The second kappa shape index (κ2) is 10.0. The van der Waals surface area contributed by atoms with Gasteiger partial charge in [-0.2, -0.15) is 0 Å². The number of hydrogen-bond acceptors (Lipinski definition) is 5. The van der Waals surface area contributed by atoms with Gasteiger partial charge in [0.15, 0.2) is 0 Å². The molecule has 0 radical (unpaired) electrons. The van der Waals surface area contributed by atoms with Crippen LogP contribution in [-0.2, 0) is 4.79 Å². The van der Waals surface area contributed by atoms with Crippen LogP contribution in [0.25, 0.3) is 0 Å². The summed E-state index contributed by atoms with van der Waals surface area (Å²) in [5.41, 5.74) is 12.4. The number of nitrogens with two attached hydrogens (primary N) is 2. The molecule has 0 aromatic heterocycles. The Balaban J connectivity index is 2.05. The minimum atomic E-state index is -0.389. The van der Waals surface area contributed by atoms with Gasteiger partial charge in [-0.05, 0) is 37.6 Å². The highest BCUT2D eigenvalue weighted by Gasteiger charge is 2.16. The van der Waals surface area contributed by atoms with Crippen LogP contribution >= 0.6 is 0 Å². The van der Waals surface area contributed by atoms with E-state index in [-0.39, 0.29) is 36.0 Å². The van der Waals surface area contributed by atoms with Crippen molar-refractivity contribution in [3.8, 4) is 5.75 Å². The normalized spacial score (nSPS) is 11.3. The molecule has 2 aromatic rings. The van der Waals surface area contributed by atoms with Gasteiger partial charge in [0.1, 0.15) is 29.8 Å². The van der Waals surface area contributed by atoms with E-state index in [1.54, 1.807) is 48.5 Å². The molecule has 0 saturated carbocycles. The van der Waals surface area contributed by atoms with Crippen LogP contribution < -0.4 is 21.5 Å². The van der Waals surface area contributed by atoms with E-state index in [4.69, 9.17) is 27.0 Å². The lowest BCUT2D eigenvalue weighted by atomic mass is 10.1. The molecule has 1 amide bonds. The van der Waals surface area contributed by atoms with Crippen LogP contribution in [0.15, 0.2) is 48.5 Å². The Labute approximate surface area is 169 Å². The number of ether oxygens (including phenoxy) is 1. The van der Waals surface area contributed by atoms with Crippen LogP contribution in [0.5, 0.6) is 5.75 Å². The molecule has 0 fully saturated rings. The average Bonchev–Trinajstić information content (AvgIpc) is 2.70. The van der Waals surface area contributed by atoms with E-state index in [9.17, 15) is 9.59 Å². The van der Waals surface area contributed by atoms with Crippen molar-refractivity contribution in [2.75, 3.05) is 6.61 Å². The predicted molar refractivity (Wildman–Crippen MR) is 112 cm³/mol. The van der Waals surface area contributed by atoms with E-state index in [2.05, 4.69) is 5.32 Å². The van der Waals surface area contributed by atoms with E-state index < -0.39 is 0 Å². The van der Waals surface area contributed by atoms with Crippen molar-refractivity contribution in [1.29, 1.82) is 10.8 Å². The number of nitrogen functional groups attached to an aromatic ring is 2. The maximum absolute atomic E-state index is 12.6. The molecule has 0 aliphatic heterocycles. The third-order valence-corrected chi connectivity index (χ3v) is 4.23. The van der Waals surface area contributed by atoms with Gasteiger partial charge in [0.05, 0.1) is 6.04 Å². The second-order valence-corrected chi connectivity index (χ2v) is 6.65. The maximum atomic E-state index is 12.6. The van der Waals surface area contributed by atoms with Gasteiger partial charge >= 0.3 is 0 Å². The number of ketones is 1. The molecule has 29 heavy (non-hydrogen) atoms. The van der Waals surface area contributed by atoms with E-state index >= 15 is 0 Å². The van der Waals surface area contributed by atoms with E-state index in [0.29, 0.717) is 35.3 Å². The molecule has 2 aromatic carbocycles. The van der Waals surface area contributed by atoms with Gasteiger partial charge in [-0.25, -0.2) is 0 Å². The monoisotopic (exact) mass is 395 g/mol. The number of carbonyl (C=O) groups is 2. The van der Waals surface area contributed by atoms with Crippen molar-refractivity contribution in [3.05, 3.63) is 65.2 Å². The van der Waals surface area contributed by atoms with Crippen LogP contribution in [0.1, 0.15) is 41.3 Å². The van der Waals surface area contributed by atoms with E-state index in [1.165, 1.54) is 6.92 Å². The van der Waals surface area contributed by atoms with Crippen LogP contribution in [0.3, 0.4) is 0 Å². The number of rotatable bonds is 10. The maximum Gasteiger partial charge on any atom is 0.251 e. The van der Waals surface area contributed by atoms with E-state index in [0.717, 1.165) is 0 Å². The molecular weight excluding hydrogens is 370 g/mol. The fraction of sp³-hybridized carbons (Fsp3) is 0.238. The molecule has 8 heteroatoms. The summed E-state index contributed by atoms with van der Waals surface area (Å²) in [5.74, 6) is 0.0948. The summed E-state index contributed by atoms with van der Waals surface area (Å²) >= 11 is 0. The molecule has 7 N–H and O–H groups in total. The number of amidine groups is 2. The zero-order valence-electron chi connectivity index (χ0n) is 16.2. The lowest BCUT2D eigenvalue weighted by molar-refractivity contribution is -0.117. The Bertz CT molecular complexity index is 909. The zero-order chi connectivity index (χ0) is 21.4. The second-order valence-electron chi connectivity index (χ2n) is 6.65. The molecule has 0 saturated heterocycles. The quantitative estimate of drug-likeness (QED) is 0.306. The molecule has 0 bridgehead atoms. The van der Waals surface area contributed by atoms with Gasteiger partial charge in [0.2, 0.25) is 0 Å². The molecule has 0 spiro atoms. The molecule has 0 unspecified atom stereocenters. The molecule has 2 rings (SSSR count). The van der Waals surface area contributed by atoms with Crippen molar-refractivity contribution in [3.63, 3.8) is 0 Å². The molecule has 1 atom stereocenters. The number of carbonyl (C=O) groups excluding carboxylic acids is 2. The highest BCUT2D eigenvalue weighted by Crippen LogP contribution is 2.14. The predicted octanol–water partition coefficient (Wildman–Crippen LogP) is 1.80. The fourth-order valence-corrected chi connectivity index (χ4v) is 2.59. The molecule has 0 heterocycles. The Hall–Kier alpha value is -3.68. The first-order valence-corrected chi connectivity index (χ1v) is 9.08. The molecular formula is C21H25N5O3. The Morgan fingerprint density at radius 3 is 2.21 bits per heavy atom. The van der Waals surface area contributed by atoms with Crippen molar-refractivity contribution >= 4 is 23.4 Å². The largest absolute Gasteiger partial charge is 0.491 e. The van der Waals surface area contributed by atoms with Crippen LogP contribution in [0.4, 0.5) is 0 Å². The van der Waals surface area contributed by atoms with Gasteiger partial charge in [-0.3, -0.25) is 15.6 Å². The first-order valence-electron chi connectivity index (χ1n) is 9.08. The van der Waals surface area contributed by atoms with Crippen LogP contribution in [0, 0.1) is 10.8 Å². The first-order chi connectivity index (χ1) is 13.8. The summed E-state index contributed by atoms with van der Waals surface area (Å²) < 4.78 is 5.76. The summed E-state index contributed by atoms with van der Waals surface area (Å²) in [4.78, 5) is 23.9. The number of nitrogens with one attached hydrogen (secondary N) is 3. The van der Waals surface area contributed by atoms with Gasteiger partial charge in [0, 0.05) is 23.1 Å². The first kappa shape index (κ1) is 21.6.